The summed E-state index contributed by atoms with van der Waals surface area (Å²) in [7, 11) is 0. The van der Waals surface area contributed by atoms with Gasteiger partial charge in [0.1, 0.15) is 0 Å². The van der Waals surface area contributed by atoms with Crippen LogP contribution >= 0.6 is 0 Å². The number of hydrogen-bond acceptors (Lipinski definition) is 2. The van der Waals surface area contributed by atoms with Crippen LogP contribution in [0.15, 0.2) is 18.2 Å². The number of aryl methyl sites for hydroxylation is 2. The Kier molecular flexibility index (Phi) is 7.09. The first-order valence-corrected chi connectivity index (χ1v) is 7.19. The molecule has 0 radical (unpaired) electrons. The lowest BCUT2D eigenvalue weighted by atomic mass is 10.1. The van der Waals surface area contributed by atoms with Gasteiger partial charge in [-0.1, -0.05) is 32.0 Å². The third-order valence-electron chi connectivity index (χ3n) is 2.92. The first kappa shape index (κ1) is 16.5. The maximum atomic E-state index is 11.8. The molecule has 0 aliphatic heterocycles. The number of amides is 2. The van der Waals surface area contributed by atoms with Gasteiger partial charge in [-0.25, -0.2) is 4.79 Å². The van der Waals surface area contributed by atoms with Gasteiger partial charge in [-0.3, -0.25) is 0 Å². The van der Waals surface area contributed by atoms with Crippen LogP contribution in [0, 0.1) is 19.8 Å². The third kappa shape index (κ3) is 6.06. The molecule has 2 N–H and O–H groups in total. The van der Waals surface area contributed by atoms with Crippen molar-refractivity contribution >= 4 is 11.7 Å². The van der Waals surface area contributed by atoms with Crippen LogP contribution in [0.3, 0.4) is 0 Å². The fraction of sp³-hybridized carbons (Fsp3) is 0.562. The second-order valence-electron chi connectivity index (χ2n) is 5.47. The number of benzene rings is 1. The Hall–Kier alpha value is -1.55. The Labute approximate surface area is 121 Å². The molecular formula is C16H26N2O2. The first-order chi connectivity index (χ1) is 9.50. The van der Waals surface area contributed by atoms with E-state index in [0.29, 0.717) is 19.1 Å². The molecule has 0 spiro atoms. The van der Waals surface area contributed by atoms with Crippen LogP contribution in [0.25, 0.3) is 0 Å². The van der Waals surface area contributed by atoms with Crippen LogP contribution in [0.2, 0.25) is 0 Å². The van der Waals surface area contributed by atoms with Crippen LogP contribution in [0.1, 0.15) is 31.4 Å². The van der Waals surface area contributed by atoms with Gasteiger partial charge in [0.05, 0.1) is 0 Å². The number of anilines is 1. The molecule has 0 heterocycles. The fourth-order valence-corrected chi connectivity index (χ4v) is 1.86. The normalized spacial score (nSPS) is 10.7. The maximum absolute atomic E-state index is 11.8. The molecular weight excluding hydrogens is 252 g/mol. The summed E-state index contributed by atoms with van der Waals surface area (Å²) >= 11 is 0. The molecule has 0 atom stereocenters. The Morgan fingerprint density at radius 1 is 1.25 bits per heavy atom. The summed E-state index contributed by atoms with van der Waals surface area (Å²) in [6, 6.07) is 5.80. The predicted octanol–water partition coefficient (Wildman–Crippen LogP) is 3.49. The van der Waals surface area contributed by atoms with Gasteiger partial charge in [0.15, 0.2) is 0 Å². The molecule has 20 heavy (non-hydrogen) atoms. The summed E-state index contributed by atoms with van der Waals surface area (Å²) in [4.78, 5) is 11.8. The summed E-state index contributed by atoms with van der Waals surface area (Å²) in [5.41, 5.74) is 3.03. The lowest BCUT2D eigenvalue weighted by Gasteiger charge is -2.12. The van der Waals surface area contributed by atoms with Crippen molar-refractivity contribution in [1.29, 1.82) is 0 Å². The number of carbonyl (C=O) groups is 1. The number of nitrogens with one attached hydrogen (secondary N) is 2. The Balaban J connectivity index is 2.24. The van der Waals surface area contributed by atoms with E-state index in [1.807, 2.05) is 32.0 Å². The third-order valence-corrected chi connectivity index (χ3v) is 2.92. The van der Waals surface area contributed by atoms with Crippen molar-refractivity contribution in [3.05, 3.63) is 29.3 Å². The van der Waals surface area contributed by atoms with E-state index in [9.17, 15) is 4.79 Å². The lowest BCUT2D eigenvalue weighted by molar-refractivity contribution is 0.108. The summed E-state index contributed by atoms with van der Waals surface area (Å²) in [5, 5.41) is 5.74. The number of hydrogen-bond donors (Lipinski definition) is 2. The van der Waals surface area contributed by atoms with E-state index in [0.717, 1.165) is 29.8 Å². The Morgan fingerprint density at radius 2 is 1.90 bits per heavy atom. The number of rotatable bonds is 7. The lowest BCUT2D eigenvalue weighted by Crippen LogP contribution is -2.30. The molecule has 0 bridgehead atoms. The molecule has 1 aromatic carbocycles. The van der Waals surface area contributed by atoms with Crippen LogP contribution in [0.4, 0.5) is 10.5 Å². The van der Waals surface area contributed by atoms with E-state index in [2.05, 4.69) is 24.5 Å². The molecule has 0 aliphatic carbocycles. The standard InChI is InChI=1S/C16H26N2O2/c1-12(2)11-20-10-6-9-17-16(19)18-15-13(3)7-5-8-14(15)4/h5,7-8,12H,6,9-11H2,1-4H3,(H2,17,18,19). The van der Waals surface area contributed by atoms with E-state index in [4.69, 9.17) is 4.74 Å². The Morgan fingerprint density at radius 3 is 2.50 bits per heavy atom. The zero-order valence-corrected chi connectivity index (χ0v) is 13.0. The first-order valence-electron chi connectivity index (χ1n) is 7.19. The number of carbonyl (C=O) groups excluding carboxylic acids is 1. The highest BCUT2D eigenvalue weighted by atomic mass is 16.5. The topological polar surface area (TPSA) is 50.4 Å². The fourth-order valence-electron chi connectivity index (χ4n) is 1.86. The van der Waals surface area contributed by atoms with Gasteiger partial charge < -0.3 is 15.4 Å². The largest absolute Gasteiger partial charge is 0.381 e. The second kappa shape index (κ2) is 8.59. The smallest absolute Gasteiger partial charge is 0.319 e. The van der Waals surface area contributed by atoms with Crippen LogP contribution in [-0.2, 0) is 4.74 Å². The van der Waals surface area contributed by atoms with Gasteiger partial charge in [-0.15, -0.1) is 0 Å². The van der Waals surface area contributed by atoms with Crippen molar-refractivity contribution in [2.24, 2.45) is 5.92 Å². The van der Waals surface area contributed by atoms with Gasteiger partial charge in [0, 0.05) is 25.4 Å². The highest BCUT2D eigenvalue weighted by Crippen LogP contribution is 2.18. The molecule has 4 heteroatoms. The number of para-hydroxylation sites is 1. The molecule has 112 valence electrons. The molecule has 0 aromatic heterocycles. The number of urea groups is 1. The van der Waals surface area contributed by atoms with Crippen molar-refractivity contribution < 1.29 is 9.53 Å². The average Bonchev–Trinajstić information content (AvgIpc) is 2.38. The highest BCUT2D eigenvalue weighted by Gasteiger charge is 2.06. The van der Waals surface area contributed by atoms with E-state index >= 15 is 0 Å². The van der Waals surface area contributed by atoms with Crippen LogP contribution < -0.4 is 10.6 Å². The van der Waals surface area contributed by atoms with Gasteiger partial charge in [-0.2, -0.15) is 0 Å². The zero-order valence-electron chi connectivity index (χ0n) is 13.0. The van der Waals surface area contributed by atoms with Crippen molar-refractivity contribution in [3.63, 3.8) is 0 Å². The molecule has 0 unspecified atom stereocenters. The summed E-state index contributed by atoms with van der Waals surface area (Å²) in [5.74, 6) is 0.551. The minimum Gasteiger partial charge on any atom is -0.381 e. The average molecular weight is 278 g/mol. The Bertz CT molecular complexity index is 410. The van der Waals surface area contributed by atoms with Gasteiger partial charge in [0.25, 0.3) is 0 Å². The van der Waals surface area contributed by atoms with E-state index in [1.54, 1.807) is 0 Å². The van der Waals surface area contributed by atoms with E-state index < -0.39 is 0 Å². The minimum atomic E-state index is -0.161. The van der Waals surface area contributed by atoms with Gasteiger partial charge in [-0.05, 0) is 37.3 Å². The van der Waals surface area contributed by atoms with Crippen molar-refractivity contribution in [1.82, 2.24) is 5.32 Å². The van der Waals surface area contributed by atoms with E-state index in [1.165, 1.54) is 0 Å². The molecule has 1 rings (SSSR count). The second-order valence-corrected chi connectivity index (χ2v) is 5.47. The molecule has 0 saturated heterocycles. The van der Waals surface area contributed by atoms with Crippen molar-refractivity contribution in [2.45, 2.75) is 34.1 Å². The van der Waals surface area contributed by atoms with Crippen LogP contribution in [-0.4, -0.2) is 25.8 Å². The molecule has 1 aromatic rings. The quantitative estimate of drug-likeness (QED) is 0.750. The number of ether oxygens (including phenoxy) is 1. The molecule has 0 saturated carbocycles. The monoisotopic (exact) mass is 278 g/mol. The molecule has 0 fully saturated rings. The molecule has 4 nitrogen and oxygen atoms in total. The van der Waals surface area contributed by atoms with Crippen molar-refractivity contribution in [2.75, 3.05) is 25.1 Å². The summed E-state index contributed by atoms with van der Waals surface area (Å²) in [6.45, 7) is 10.3. The van der Waals surface area contributed by atoms with Crippen molar-refractivity contribution in [3.8, 4) is 0 Å². The predicted molar refractivity (Wildman–Crippen MR) is 83.2 cm³/mol. The van der Waals surface area contributed by atoms with Gasteiger partial charge in [0.2, 0.25) is 0 Å². The summed E-state index contributed by atoms with van der Waals surface area (Å²) in [6.07, 6.45) is 0.826. The zero-order chi connectivity index (χ0) is 15.0. The highest BCUT2D eigenvalue weighted by molar-refractivity contribution is 5.90. The van der Waals surface area contributed by atoms with Crippen LogP contribution in [0.5, 0.6) is 0 Å². The SMILES string of the molecule is Cc1cccc(C)c1NC(=O)NCCCOCC(C)C. The maximum Gasteiger partial charge on any atom is 0.319 e. The molecule has 2 amide bonds. The minimum absolute atomic E-state index is 0.161. The molecule has 0 aliphatic rings. The summed E-state index contributed by atoms with van der Waals surface area (Å²) < 4.78 is 5.46. The van der Waals surface area contributed by atoms with E-state index in [-0.39, 0.29) is 6.03 Å². The van der Waals surface area contributed by atoms with Gasteiger partial charge >= 0.3 is 6.03 Å².